The SMILES string of the molecule is CC(=O)/C(C=C(C)C)=C(/C)O. The lowest BCUT2D eigenvalue weighted by molar-refractivity contribution is -0.113. The first kappa shape index (κ1) is 9.95. The molecule has 0 aliphatic heterocycles. The maximum atomic E-state index is 10.9. The van der Waals surface area contributed by atoms with E-state index in [2.05, 4.69) is 0 Å². The fourth-order valence-electron chi connectivity index (χ4n) is 0.750. The Bertz CT molecular complexity index is 214. The summed E-state index contributed by atoms with van der Waals surface area (Å²) < 4.78 is 0. The number of aliphatic hydroxyl groups is 1. The van der Waals surface area contributed by atoms with E-state index in [4.69, 9.17) is 5.11 Å². The van der Waals surface area contributed by atoms with Gasteiger partial charge in [0.15, 0.2) is 5.78 Å². The van der Waals surface area contributed by atoms with Crippen molar-refractivity contribution in [3.63, 3.8) is 0 Å². The van der Waals surface area contributed by atoms with E-state index in [1.54, 1.807) is 6.08 Å². The van der Waals surface area contributed by atoms with Gasteiger partial charge in [0.2, 0.25) is 0 Å². The van der Waals surface area contributed by atoms with Gasteiger partial charge in [-0.25, -0.2) is 0 Å². The molecule has 0 saturated carbocycles. The van der Waals surface area contributed by atoms with Gasteiger partial charge in [0.1, 0.15) is 0 Å². The van der Waals surface area contributed by atoms with Gasteiger partial charge in [-0.2, -0.15) is 0 Å². The lowest BCUT2D eigenvalue weighted by Gasteiger charge is -1.98. The van der Waals surface area contributed by atoms with Crippen LogP contribution in [0.3, 0.4) is 0 Å². The number of ketones is 1. The minimum Gasteiger partial charge on any atom is -0.512 e. The first-order chi connectivity index (χ1) is 4.95. The molecule has 0 rings (SSSR count). The zero-order valence-electron chi connectivity index (χ0n) is 7.43. The number of hydrogen-bond donors (Lipinski definition) is 1. The molecule has 0 bridgehead atoms. The molecule has 1 N–H and O–H groups in total. The summed E-state index contributed by atoms with van der Waals surface area (Å²) in [7, 11) is 0. The van der Waals surface area contributed by atoms with Crippen molar-refractivity contribution in [3.05, 3.63) is 23.0 Å². The van der Waals surface area contributed by atoms with Gasteiger partial charge >= 0.3 is 0 Å². The van der Waals surface area contributed by atoms with E-state index in [-0.39, 0.29) is 11.5 Å². The summed E-state index contributed by atoms with van der Waals surface area (Å²) in [5.41, 5.74) is 1.40. The van der Waals surface area contributed by atoms with Crippen LogP contribution in [0.5, 0.6) is 0 Å². The van der Waals surface area contributed by atoms with Crippen LogP contribution in [0.1, 0.15) is 27.7 Å². The molecule has 11 heavy (non-hydrogen) atoms. The van der Waals surface area contributed by atoms with E-state index in [1.807, 2.05) is 13.8 Å². The number of carbonyl (C=O) groups excluding carboxylic acids is 1. The van der Waals surface area contributed by atoms with Gasteiger partial charge in [-0.3, -0.25) is 4.79 Å². The van der Waals surface area contributed by atoms with Gasteiger partial charge in [-0.15, -0.1) is 0 Å². The molecule has 0 aromatic rings. The highest BCUT2D eigenvalue weighted by atomic mass is 16.3. The van der Waals surface area contributed by atoms with Crippen LogP contribution >= 0.6 is 0 Å². The number of aliphatic hydroxyl groups excluding tert-OH is 1. The predicted octanol–water partition coefficient (Wildman–Crippen LogP) is 2.37. The molecule has 0 unspecified atom stereocenters. The Morgan fingerprint density at radius 2 is 1.64 bits per heavy atom. The standard InChI is InChI=1S/C9H14O2/c1-6(2)5-9(7(3)10)8(4)11/h5,10H,1-4H3/b9-7-. The van der Waals surface area contributed by atoms with E-state index >= 15 is 0 Å². The number of allylic oxidation sites excluding steroid dienone is 4. The Morgan fingerprint density at radius 1 is 1.18 bits per heavy atom. The molecule has 0 aromatic heterocycles. The highest BCUT2D eigenvalue weighted by Crippen LogP contribution is 2.07. The normalized spacial score (nSPS) is 12.0. The molecular weight excluding hydrogens is 140 g/mol. The van der Waals surface area contributed by atoms with Crippen LogP contribution in [0.15, 0.2) is 23.0 Å². The molecule has 0 saturated heterocycles. The van der Waals surface area contributed by atoms with Crippen LogP contribution in [-0.4, -0.2) is 10.9 Å². The zero-order chi connectivity index (χ0) is 9.02. The third-order valence-corrected chi connectivity index (χ3v) is 1.20. The molecule has 0 atom stereocenters. The van der Waals surface area contributed by atoms with Crippen LogP contribution in [0, 0.1) is 0 Å². The molecule has 0 spiro atoms. The Hall–Kier alpha value is -1.05. The maximum Gasteiger partial charge on any atom is 0.163 e. The zero-order valence-corrected chi connectivity index (χ0v) is 7.43. The maximum absolute atomic E-state index is 10.9. The van der Waals surface area contributed by atoms with E-state index in [1.165, 1.54) is 13.8 Å². The molecular formula is C9H14O2. The van der Waals surface area contributed by atoms with Crippen molar-refractivity contribution >= 4 is 5.78 Å². The molecule has 0 aliphatic carbocycles. The van der Waals surface area contributed by atoms with Crippen LogP contribution in [-0.2, 0) is 4.79 Å². The second-order valence-electron chi connectivity index (χ2n) is 2.78. The highest BCUT2D eigenvalue weighted by Gasteiger charge is 2.03. The second-order valence-corrected chi connectivity index (χ2v) is 2.78. The van der Waals surface area contributed by atoms with E-state index in [0.717, 1.165) is 5.57 Å². The fraction of sp³-hybridized carbons (Fsp3) is 0.444. The number of hydrogen-bond acceptors (Lipinski definition) is 2. The van der Waals surface area contributed by atoms with Gasteiger partial charge in [-0.05, 0) is 33.8 Å². The molecule has 0 radical (unpaired) electrons. The lowest BCUT2D eigenvalue weighted by atomic mass is 10.1. The van der Waals surface area contributed by atoms with Crippen molar-refractivity contribution < 1.29 is 9.90 Å². The monoisotopic (exact) mass is 154 g/mol. The molecule has 0 aromatic carbocycles. The molecule has 2 nitrogen and oxygen atoms in total. The number of carbonyl (C=O) groups is 1. The van der Waals surface area contributed by atoms with Crippen molar-refractivity contribution in [2.45, 2.75) is 27.7 Å². The minimum atomic E-state index is -0.105. The predicted molar refractivity (Wildman–Crippen MR) is 45.4 cm³/mol. The van der Waals surface area contributed by atoms with Crippen LogP contribution in [0.4, 0.5) is 0 Å². The van der Waals surface area contributed by atoms with Crippen LogP contribution < -0.4 is 0 Å². The summed E-state index contributed by atoms with van der Waals surface area (Å²) >= 11 is 0. The van der Waals surface area contributed by atoms with Gasteiger partial charge in [0, 0.05) is 0 Å². The van der Waals surface area contributed by atoms with Crippen molar-refractivity contribution in [1.29, 1.82) is 0 Å². The van der Waals surface area contributed by atoms with E-state index in [0.29, 0.717) is 5.57 Å². The highest BCUT2D eigenvalue weighted by molar-refractivity contribution is 5.96. The van der Waals surface area contributed by atoms with Crippen LogP contribution in [0.25, 0.3) is 0 Å². The molecule has 0 amide bonds. The first-order valence-corrected chi connectivity index (χ1v) is 3.51. The molecule has 0 aliphatic rings. The summed E-state index contributed by atoms with van der Waals surface area (Å²) in [6, 6.07) is 0. The molecule has 2 heteroatoms. The van der Waals surface area contributed by atoms with Crippen LogP contribution in [0.2, 0.25) is 0 Å². The Balaban J connectivity index is 4.81. The quantitative estimate of drug-likeness (QED) is 0.376. The third-order valence-electron chi connectivity index (χ3n) is 1.20. The van der Waals surface area contributed by atoms with Crippen molar-refractivity contribution in [1.82, 2.24) is 0 Å². The second kappa shape index (κ2) is 3.96. The van der Waals surface area contributed by atoms with Gasteiger partial charge in [0.05, 0.1) is 11.3 Å². The average Bonchev–Trinajstić information content (AvgIpc) is 1.81. The molecule has 0 fully saturated rings. The minimum absolute atomic E-state index is 0.0821. The Morgan fingerprint density at radius 3 is 1.73 bits per heavy atom. The van der Waals surface area contributed by atoms with Gasteiger partial charge in [0.25, 0.3) is 0 Å². The lowest BCUT2D eigenvalue weighted by Crippen LogP contribution is -1.97. The summed E-state index contributed by atoms with van der Waals surface area (Å²) in [4.78, 5) is 10.9. The van der Waals surface area contributed by atoms with Crippen molar-refractivity contribution in [2.24, 2.45) is 0 Å². The van der Waals surface area contributed by atoms with E-state index < -0.39 is 0 Å². The first-order valence-electron chi connectivity index (χ1n) is 3.51. The van der Waals surface area contributed by atoms with Crippen molar-refractivity contribution in [3.8, 4) is 0 Å². The van der Waals surface area contributed by atoms with E-state index in [9.17, 15) is 4.79 Å². The largest absolute Gasteiger partial charge is 0.512 e. The molecule has 62 valence electrons. The summed E-state index contributed by atoms with van der Waals surface area (Å²) in [5, 5.41) is 9.05. The summed E-state index contributed by atoms with van der Waals surface area (Å²) in [6.07, 6.45) is 1.68. The Kier molecular flexibility index (Phi) is 3.58. The van der Waals surface area contributed by atoms with Crippen molar-refractivity contribution in [2.75, 3.05) is 0 Å². The number of Topliss-reactive ketones (excluding diaryl/α,β-unsaturated/α-hetero) is 1. The number of rotatable bonds is 2. The third kappa shape index (κ3) is 3.61. The topological polar surface area (TPSA) is 37.3 Å². The Labute approximate surface area is 67.2 Å². The average molecular weight is 154 g/mol. The summed E-state index contributed by atoms with van der Waals surface area (Å²) in [6.45, 7) is 6.71. The van der Waals surface area contributed by atoms with Gasteiger partial charge < -0.3 is 5.11 Å². The summed E-state index contributed by atoms with van der Waals surface area (Å²) in [5.74, 6) is -0.0232. The smallest absolute Gasteiger partial charge is 0.163 e. The molecule has 0 heterocycles. The fourth-order valence-corrected chi connectivity index (χ4v) is 0.750. The van der Waals surface area contributed by atoms with Gasteiger partial charge in [-0.1, -0.05) is 5.57 Å².